The van der Waals surface area contributed by atoms with Crippen LogP contribution in [0.2, 0.25) is 0 Å². The van der Waals surface area contributed by atoms with Gasteiger partial charge in [0, 0.05) is 13.2 Å². The molecule has 3 aliphatic rings. The molecule has 14 heavy (non-hydrogen) atoms. The maximum Gasteiger partial charge on any atom is 0.0733 e. The molecule has 0 aromatic heterocycles. The molecule has 0 amide bonds. The van der Waals surface area contributed by atoms with Crippen molar-refractivity contribution in [3.8, 4) is 0 Å². The van der Waals surface area contributed by atoms with E-state index in [2.05, 4.69) is 0 Å². The Kier molecular flexibility index (Phi) is 2.10. The molecule has 0 radical (unpaired) electrons. The summed E-state index contributed by atoms with van der Waals surface area (Å²) in [4.78, 5) is 0. The predicted molar refractivity (Wildman–Crippen MR) is 53.9 cm³/mol. The average Bonchev–Trinajstić information content (AvgIpc) is 3.06. The van der Waals surface area contributed by atoms with Crippen molar-refractivity contribution in [3.63, 3.8) is 0 Å². The summed E-state index contributed by atoms with van der Waals surface area (Å²) in [7, 11) is 0. The normalized spacial score (nSPS) is 30.6. The maximum atomic E-state index is 10.9. The SMILES string of the molecule is OC(C1CCOCC1)(C1CC1)C1CC1. The van der Waals surface area contributed by atoms with Crippen LogP contribution in [0.3, 0.4) is 0 Å². The first-order valence-corrected chi connectivity index (χ1v) is 6.12. The number of ether oxygens (including phenoxy) is 1. The van der Waals surface area contributed by atoms with Crippen LogP contribution < -0.4 is 0 Å². The Morgan fingerprint density at radius 3 is 1.64 bits per heavy atom. The van der Waals surface area contributed by atoms with Gasteiger partial charge in [-0.05, 0) is 56.3 Å². The van der Waals surface area contributed by atoms with Gasteiger partial charge in [0.2, 0.25) is 0 Å². The van der Waals surface area contributed by atoms with Crippen LogP contribution in [-0.2, 0) is 4.74 Å². The van der Waals surface area contributed by atoms with E-state index in [4.69, 9.17) is 4.74 Å². The summed E-state index contributed by atoms with van der Waals surface area (Å²) < 4.78 is 5.38. The Labute approximate surface area is 85.6 Å². The minimum Gasteiger partial charge on any atom is -0.389 e. The zero-order chi connectivity index (χ0) is 9.60. The number of rotatable bonds is 3. The third kappa shape index (κ3) is 1.40. The lowest BCUT2D eigenvalue weighted by Gasteiger charge is -2.39. The summed E-state index contributed by atoms with van der Waals surface area (Å²) in [6.07, 6.45) is 7.25. The van der Waals surface area contributed by atoms with Crippen molar-refractivity contribution < 1.29 is 9.84 Å². The van der Waals surface area contributed by atoms with E-state index in [0.29, 0.717) is 17.8 Å². The van der Waals surface area contributed by atoms with E-state index in [1.165, 1.54) is 25.7 Å². The molecule has 1 saturated heterocycles. The second-order valence-electron chi connectivity index (χ2n) is 5.32. The number of hydrogen-bond acceptors (Lipinski definition) is 2. The predicted octanol–water partition coefficient (Wildman–Crippen LogP) is 1.96. The van der Waals surface area contributed by atoms with Gasteiger partial charge in [-0.1, -0.05) is 0 Å². The fourth-order valence-corrected chi connectivity index (χ4v) is 3.25. The van der Waals surface area contributed by atoms with Crippen LogP contribution in [0.1, 0.15) is 38.5 Å². The van der Waals surface area contributed by atoms with Gasteiger partial charge in [0.25, 0.3) is 0 Å². The zero-order valence-electron chi connectivity index (χ0n) is 8.74. The molecule has 0 spiro atoms. The standard InChI is InChI=1S/C12H20O2/c13-12(9-1-2-9,10-3-4-10)11-5-7-14-8-6-11/h9-11,13H,1-8H2. The van der Waals surface area contributed by atoms with Crippen molar-refractivity contribution in [1.82, 2.24) is 0 Å². The second kappa shape index (κ2) is 3.21. The molecular weight excluding hydrogens is 176 g/mol. The highest BCUT2D eigenvalue weighted by atomic mass is 16.5. The molecule has 1 aliphatic heterocycles. The highest BCUT2D eigenvalue weighted by Gasteiger charge is 2.56. The minimum atomic E-state index is -0.288. The van der Waals surface area contributed by atoms with Gasteiger partial charge in [-0.2, -0.15) is 0 Å². The molecular formula is C12H20O2. The van der Waals surface area contributed by atoms with Gasteiger partial charge in [0.15, 0.2) is 0 Å². The zero-order valence-corrected chi connectivity index (χ0v) is 8.74. The van der Waals surface area contributed by atoms with E-state index < -0.39 is 0 Å². The van der Waals surface area contributed by atoms with E-state index in [1.54, 1.807) is 0 Å². The molecule has 1 N–H and O–H groups in total. The molecule has 0 unspecified atom stereocenters. The van der Waals surface area contributed by atoms with Crippen molar-refractivity contribution in [3.05, 3.63) is 0 Å². The topological polar surface area (TPSA) is 29.5 Å². The first-order valence-electron chi connectivity index (χ1n) is 6.12. The Morgan fingerprint density at radius 2 is 1.21 bits per heavy atom. The summed E-state index contributed by atoms with van der Waals surface area (Å²) in [5.74, 6) is 1.81. The Balaban J connectivity index is 1.75. The van der Waals surface area contributed by atoms with E-state index in [0.717, 1.165) is 26.1 Å². The third-order valence-electron chi connectivity index (χ3n) is 4.34. The van der Waals surface area contributed by atoms with Crippen molar-refractivity contribution in [2.24, 2.45) is 17.8 Å². The molecule has 1 heterocycles. The Morgan fingerprint density at radius 1 is 0.786 bits per heavy atom. The van der Waals surface area contributed by atoms with Crippen LogP contribution in [0.4, 0.5) is 0 Å². The van der Waals surface area contributed by atoms with E-state index in [-0.39, 0.29) is 5.60 Å². The molecule has 2 aliphatic carbocycles. The van der Waals surface area contributed by atoms with Gasteiger partial charge in [-0.3, -0.25) is 0 Å². The molecule has 0 atom stereocenters. The fraction of sp³-hybridized carbons (Fsp3) is 1.00. The molecule has 3 rings (SSSR count). The summed E-state index contributed by atoms with van der Waals surface area (Å²) in [6, 6.07) is 0. The molecule has 80 valence electrons. The Bertz CT molecular complexity index is 200. The van der Waals surface area contributed by atoms with E-state index in [9.17, 15) is 5.11 Å². The summed E-state index contributed by atoms with van der Waals surface area (Å²) in [5.41, 5.74) is -0.288. The molecule has 2 saturated carbocycles. The van der Waals surface area contributed by atoms with E-state index in [1.807, 2.05) is 0 Å². The van der Waals surface area contributed by atoms with Crippen LogP contribution in [-0.4, -0.2) is 23.9 Å². The second-order valence-corrected chi connectivity index (χ2v) is 5.32. The number of aliphatic hydroxyl groups is 1. The first-order chi connectivity index (χ1) is 6.82. The van der Waals surface area contributed by atoms with Crippen LogP contribution in [0, 0.1) is 17.8 Å². The lowest BCUT2D eigenvalue weighted by Crippen LogP contribution is -2.45. The maximum absolute atomic E-state index is 10.9. The van der Waals surface area contributed by atoms with Crippen LogP contribution in [0.15, 0.2) is 0 Å². The highest BCUT2D eigenvalue weighted by molar-refractivity contribution is 5.07. The first kappa shape index (κ1) is 9.17. The molecule has 3 fully saturated rings. The van der Waals surface area contributed by atoms with Gasteiger partial charge < -0.3 is 9.84 Å². The average molecular weight is 196 g/mol. The van der Waals surface area contributed by atoms with Gasteiger partial charge in [0.05, 0.1) is 5.60 Å². The van der Waals surface area contributed by atoms with E-state index >= 15 is 0 Å². The van der Waals surface area contributed by atoms with Gasteiger partial charge in [-0.15, -0.1) is 0 Å². The van der Waals surface area contributed by atoms with Crippen LogP contribution in [0.25, 0.3) is 0 Å². The van der Waals surface area contributed by atoms with Crippen LogP contribution in [0.5, 0.6) is 0 Å². The highest BCUT2D eigenvalue weighted by Crippen LogP contribution is 2.57. The molecule has 0 bridgehead atoms. The summed E-state index contributed by atoms with van der Waals surface area (Å²) in [6.45, 7) is 1.73. The summed E-state index contributed by atoms with van der Waals surface area (Å²) >= 11 is 0. The lowest BCUT2D eigenvalue weighted by atomic mass is 9.75. The van der Waals surface area contributed by atoms with Crippen molar-refractivity contribution in [2.75, 3.05) is 13.2 Å². The van der Waals surface area contributed by atoms with Gasteiger partial charge >= 0.3 is 0 Å². The monoisotopic (exact) mass is 196 g/mol. The van der Waals surface area contributed by atoms with Crippen LogP contribution >= 0.6 is 0 Å². The molecule has 2 nitrogen and oxygen atoms in total. The Hall–Kier alpha value is -0.0800. The van der Waals surface area contributed by atoms with Crippen molar-refractivity contribution in [1.29, 1.82) is 0 Å². The molecule has 0 aromatic carbocycles. The lowest BCUT2D eigenvalue weighted by molar-refractivity contribution is -0.0951. The number of hydrogen-bond donors (Lipinski definition) is 1. The van der Waals surface area contributed by atoms with Crippen molar-refractivity contribution in [2.45, 2.75) is 44.1 Å². The molecule has 0 aromatic rings. The largest absolute Gasteiger partial charge is 0.389 e. The van der Waals surface area contributed by atoms with Gasteiger partial charge in [0.1, 0.15) is 0 Å². The summed E-state index contributed by atoms with van der Waals surface area (Å²) in [5, 5.41) is 10.9. The minimum absolute atomic E-state index is 0.288. The van der Waals surface area contributed by atoms with Crippen molar-refractivity contribution >= 4 is 0 Å². The fourth-order valence-electron chi connectivity index (χ4n) is 3.25. The smallest absolute Gasteiger partial charge is 0.0733 e. The van der Waals surface area contributed by atoms with Gasteiger partial charge in [-0.25, -0.2) is 0 Å². The molecule has 2 heteroatoms. The third-order valence-corrected chi connectivity index (χ3v) is 4.34. The quantitative estimate of drug-likeness (QED) is 0.747.